The molecule has 0 saturated heterocycles. The van der Waals surface area contributed by atoms with Crippen LogP contribution >= 0.6 is 50.4 Å². The maximum Gasteiger partial charge on any atom is 0.0454 e. The van der Waals surface area contributed by atoms with E-state index in [-0.39, 0.29) is 0 Å². The van der Waals surface area contributed by atoms with Crippen LogP contribution in [0.3, 0.4) is 0 Å². The van der Waals surface area contributed by atoms with Crippen molar-refractivity contribution >= 4 is 50.4 Å². The molecule has 0 saturated carbocycles. The third-order valence-electron chi connectivity index (χ3n) is 2.62. The molecule has 0 aliphatic carbocycles. The average Bonchev–Trinajstić information content (AvgIpc) is 2.94. The van der Waals surface area contributed by atoms with Crippen LogP contribution in [0.1, 0.15) is 20.3 Å². The van der Waals surface area contributed by atoms with E-state index < -0.39 is 0 Å². The number of halogens is 1. The third kappa shape index (κ3) is 3.85. The largest absolute Gasteiger partial charge is 0.142 e. The van der Waals surface area contributed by atoms with E-state index in [9.17, 15) is 0 Å². The summed E-state index contributed by atoms with van der Waals surface area (Å²) < 4.78 is 1.18. The molecule has 92 valence electrons. The van der Waals surface area contributed by atoms with E-state index in [4.69, 9.17) is 0 Å². The smallest absolute Gasteiger partial charge is 0.0454 e. The van der Waals surface area contributed by atoms with Gasteiger partial charge in [0, 0.05) is 35.6 Å². The van der Waals surface area contributed by atoms with Crippen LogP contribution in [0, 0.1) is 5.92 Å². The fourth-order valence-electron chi connectivity index (χ4n) is 1.32. The van der Waals surface area contributed by atoms with Crippen molar-refractivity contribution in [2.75, 3.05) is 5.75 Å². The lowest BCUT2D eigenvalue weighted by atomic mass is 10.2. The topological polar surface area (TPSA) is 0 Å². The molecule has 0 aromatic carbocycles. The Morgan fingerprint density at radius 1 is 1.24 bits per heavy atom. The fraction of sp³-hybridized carbons (Fsp3) is 0.385. The Morgan fingerprint density at radius 2 is 1.94 bits per heavy atom. The SMILES string of the molecule is CCC(C)CSc1csc(-c2cc(Br)cs2)c1. The van der Waals surface area contributed by atoms with E-state index >= 15 is 0 Å². The minimum absolute atomic E-state index is 0.805. The van der Waals surface area contributed by atoms with Crippen molar-refractivity contribution in [3.63, 3.8) is 0 Å². The molecule has 0 aliphatic heterocycles. The van der Waals surface area contributed by atoms with Gasteiger partial charge in [0.25, 0.3) is 0 Å². The van der Waals surface area contributed by atoms with Gasteiger partial charge in [0.15, 0.2) is 0 Å². The van der Waals surface area contributed by atoms with Crippen molar-refractivity contribution < 1.29 is 0 Å². The summed E-state index contributed by atoms with van der Waals surface area (Å²) in [5.74, 6) is 2.03. The van der Waals surface area contributed by atoms with E-state index in [0.717, 1.165) is 5.92 Å². The molecule has 0 fully saturated rings. The van der Waals surface area contributed by atoms with Crippen LogP contribution in [0.25, 0.3) is 9.75 Å². The zero-order valence-corrected chi connectivity index (χ0v) is 13.9. The lowest BCUT2D eigenvalue weighted by molar-refractivity contribution is 0.637. The molecule has 1 unspecified atom stereocenters. The molecular weight excluding hydrogens is 332 g/mol. The standard InChI is InChI=1S/C13H15BrS3/c1-3-9(2)6-15-11-5-13(17-8-11)12-4-10(14)7-16-12/h4-5,7-9H,3,6H2,1-2H3. The lowest BCUT2D eigenvalue weighted by Crippen LogP contribution is -1.94. The molecule has 17 heavy (non-hydrogen) atoms. The second-order valence-corrected chi connectivity index (χ2v) is 7.93. The van der Waals surface area contributed by atoms with Crippen molar-refractivity contribution in [2.24, 2.45) is 5.92 Å². The molecule has 2 rings (SSSR count). The van der Waals surface area contributed by atoms with Gasteiger partial charge in [0.1, 0.15) is 0 Å². The molecule has 0 N–H and O–H groups in total. The summed E-state index contributed by atoms with van der Waals surface area (Å²) in [5, 5.41) is 4.41. The Balaban J connectivity index is 2.01. The van der Waals surface area contributed by atoms with Gasteiger partial charge in [-0.05, 0) is 34.0 Å². The predicted molar refractivity (Wildman–Crippen MR) is 85.5 cm³/mol. The molecule has 0 amide bonds. The van der Waals surface area contributed by atoms with Crippen LogP contribution in [-0.4, -0.2) is 5.75 Å². The molecule has 0 spiro atoms. The number of thioether (sulfide) groups is 1. The fourth-order valence-corrected chi connectivity index (χ4v) is 5.04. The Hall–Kier alpha value is 0.230. The first-order chi connectivity index (χ1) is 8.19. The predicted octanol–water partition coefficient (Wildman–Crippen LogP) is 6.38. The number of rotatable bonds is 5. The first kappa shape index (κ1) is 13.7. The normalized spacial score (nSPS) is 12.9. The Morgan fingerprint density at radius 3 is 2.59 bits per heavy atom. The summed E-state index contributed by atoms with van der Waals surface area (Å²) in [5.41, 5.74) is 0. The highest BCUT2D eigenvalue weighted by Gasteiger charge is 2.07. The van der Waals surface area contributed by atoms with Gasteiger partial charge in [-0.25, -0.2) is 0 Å². The van der Waals surface area contributed by atoms with Gasteiger partial charge >= 0.3 is 0 Å². The van der Waals surface area contributed by atoms with Crippen molar-refractivity contribution in [2.45, 2.75) is 25.2 Å². The monoisotopic (exact) mass is 346 g/mol. The van der Waals surface area contributed by atoms with E-state index in [1.807, 2.05) is 23.1 Å². The molecule has 0 bridgehead atoms. The van der Waals surface area contributed by atoms with E-state index in [0.29, 0.717) is 0 Å². The van der Waals surface area contributed by atoms with Crippen LogP contribution in [-0.2, 0) is 0 Å². The molecule has 0 radical (unpaired) electrons. The third-order valence-corrected chi connectivity index (χ3v) is 6.89. The van der Waals surface area contributed by atoms with E-state index in [1.54, 1.807) is 11.3 Å². The molecule has 0 nitrogen and oxygen atoms in total. The van der Waals surface area contributed by atoms with Gasteiger partial charge in [0.2, 0.25) is 0 Å². The quantitative estimate of drug-likeness (QED) is 0.566. The number of hydrogen-bond acceptors (Lipinski definition) is 3. The van der Waals surface area contributed by atoms with E-state index in [1.165, 1.54) is 31.3 Å². The highest BCUT2D eigenvalue weighted by atomic mass is 79.9. The summed E-state index contributed by atoms with van der Waals surface area (Å²) in [6.07, 6.45) is 1.27. The Kier molecular flexibility index (Phi) is 5.15. The van der Waals surface area contributed by atoms with Gasteiger partial charge in [-0.1, -0.05) is 20.3 Å². The number of hydrogen-bond donors (Lipinski definition) is 0. The number of thiophene rings is 2. The van der Waals surface area contributed by atoms with Crippen molar-refractivity contribution in [3.8, 4) is 9.75 Å². The first-order valence-electron chi connectivity index (χ1n) is 5.64. The van der Waals surface area contributed by atoms with Gasteiger partial charge in [0.05, 0.1) is 0 Å². The van der Waals surface area contributed by atoms with Crippen molar-refractivity contribution in [3.05, 3.63) is 27.4 Å². The Bertz CT molecular complexity index is 472. The van der Waals surface area contributed by atoms with Crippen molar-refractivity contribution in [1.82, 2.24) is 0 Å². The minimum Gasteiger partial charge on any atom is -0.142 e. The summed E-state index contributed by atoms with van der Waals surface area (Å²) in [4.78, 5) is 4.15. The molecule has 2 aromatic rings. The van der Waals surface area contributed by atoms with Gasteiger partial charge < -0.3 is 0 Å². The van der Waals surface area contributed by atoms with E-state index in [2.05, 4.69) is 52.7 Å². The summed E-state index contributed by atoms with van der Waals surface area (Å²) in [7, 11) is 0. The highest BCUT2D eigenvalue weighted by Crippen LogP contribution is 2.37. The Labute approximate surface area is 124 Å². The second kappa shape index (κ2) is 6.41. The highest BCUT2D eigenvalue weighted by molar-refractivity contribution is 9.10. The molecule has 0 aliphatic rings. The van der Waals surface area contributed by atoms with Crippen LogP contribution in [0.5, 0.6) is 0 Å². The zero-order valence-electron chi connectivity index (χ0n) is 9.90. The first-order valence-corrected chi connectivity index (χ1v) is 9.18. The summed E-state index contributed by atoms with van der Waals surface area (Å²) in [6, 6.07) is 4.51. The maximum absolute atomic E-state index is 3.51. The van der Waals surface area contributed by atoms with Crippen LogP contribution in [0.4, 0.5) is 0 Å². The average molecular weight is 347 g/mol. The van der Waals surface area contributed by atoms with Crippen molar-refractivity contribution in [1.29, 1.82) is 0 Å². The lowest BCUT2D eigenvalue weighted by Gasteiger charge is -2.05. The summed E-state index contributed by atoms with van der Waals surface area (Å²) >= 11 is 9.13. The summed E-state index contributed by atoms with van der Waals surface area (Å²) in [6.45, 7) is 4.57. The molecule has 2 aromatic heterocycles. The second-order valence-electron chi connectivity index (χ2n) is 4.10. The van der Waals surface area contributed by atoms with Gasteiger partial charge in [-0.15, -0.1) is 34.4 Å². The van der Waals surface area contributed by atoms with Gasteiger partial charge in [-0.3, -0.25) is 0 Å². The maximum atomic E-state index is 3.51. The molecular formula is C13H15BrS3. The molecule has 4 heteroatoms. The van der Waals surface area contributed by atoms with Crippen LogP contribution < -0.4 is 0 Å². The minimum atomic E-state index is 0.805. The zero-order chi connectivity index (χ0) is 12.3. The van der Waals surface area contributed by atoms with Crippen LogP contribution in [0.15, 0.2) is 32.3 Å². The van der Waals surface area contributed by atoms with Crippen LogP contribution in [0.2, 0.25) is 0 Å². The van der Waals surface area contributed by atoms with Gasteiger partial charge in [-0.2, -0.15) is 0 Å². The molecule has 2 heterocycles. The molecule has 1 atom stereocenters.